The molecule has 3 aromatic carbocycles. The Balaban J connectivity index is 1.92. The van der Waals surface area contributed by atoms with Crippen LogP contribution < -0.4 is 11.1 Å². The van der Waals surface area contributed by atoms with Crippen molar-refractivity contribution >= 4 is 43.1 Å². The average Bonchev–Trinajstić information content (AvgIpc) is 2.93. The van der Waals surface area contributed by atoms with Crippen molar-refractivity contribution in [1.82, 2.24) is 5.32 Å². The third kappa shape index (κ3) is 4.24. The largest absolute Gasteiger partial charge is 0.397 e. The Morgan fingerprint density at radius 3 is 2.68 bits per heavy atom. The normalized spacial score (nSPS) is 16.6. The molecule has 3 N–H and O–H groups in total. The monoisotopic (exact) mass is 522 g/mol. The summed E-state index contributed by atoms with van der Waals surface area (Å²) < 4.78 is 42.5. The van der Waals surface area contributed by atoms with E-state index in [9.17, 15) is 12.8 Å². The van der Waals surface area contributed by atoms with Gasteiger partial charge in [-0.05, 0) is 79.0 Å². The first-order chi connectivity index (χ1) is 14.7. The molecule has 0 saturated heterocycles. The van der Waals surface area contributed by atoms with Crippen LogP contribution in [0.4, 0.5) is 10.1 Å². The lowest BCUT2D eigenvalue weighted by Crippen LogP contribution is -2.26. The number of nitrogen functional groups attached to an aromatic ring is 1. The minimum absolute atomic E-state index is 0.0300. The third-order valence-electron chi connectivity index (χ3n) is 5.54. The van der Waals surface area contributed by atoms with E-state index in [4.69, 9.17) is 17.3 Å². The summed E-state index contributed by atoms with van der Waals surface area (Å²) in [6, 6.07) is 13.0. The Hall–Kier alpha value is -1.93. The third-order valence-corrected chi connectivity index (χ3v) is 8.49. The Bertz CT molecular complexity index is 1280. The van der Waals surface area contributed by atoms with E-state index in [1.807, 2.05) is 18.2 Å². The van der Waals surface area contributed by atoms with E-state index in [1.54, 1.807) is 19.1 Å². The molecule has 0 amide bonds. The summed E-state index contributed by atoms with van der Waals surface area (Å²) >= 11 is 9.75. The molecule has 3 aromatic rings. The summed E-state index contributed by atoms with van der Waals surface area (Å²) in [5.41, 5.74) is 9.66. The Kier molecular flexibility index (Phi) is 6.14. The number of anilines is 1. The standard InChI is InChI=1S/C23H21BrClFN2O2S/c1-13-8-19(18-11-16(26)4-5-20(18)25)23(27)21(9-13)31(29,30)22-12-28-7-6-14-2-3-15(24)10-17(14)22/h2-5,8-11,22,28H,6-7,12,27H2,1H3. The molecular formula is C23H21BrClFN2O2S. The summed E-state index contributed by atoms with van der Waals surface area (Å²) in [5, 5.41) is 2.73. The Morgan fingerprint density at radius 1 is 1.13 bits per heavy atom. The smallest absolute Gasteiger partial charge is 0.188 e. The highest BCUT2D eigenvalue weighted by molar-refractivity contribution is 9.10. The van der Waals surface area contributed by atoms with Gasteiger partial charge in [0.25, 0.3) is 0 Å². The number of halogens is 3. The molecule has 0 aliphatic carbocycles. The molecule has 0 spiro atoms. The van der Waals surface area contributed by atoms with Crippen molar-refractivity contribution in [3.8, 4) is 11.1 Å². The molecule has 4 rings (SSSR count). The van der Waals surface area contributed by atoms with Crippen molar-refractivity contribution < 1.29 is 12.8 Å². The Morgan fingerprint density at radius 2 is 1.90 bits per heavy atom. The first-order valence-electron chi connectivity index (χ1n) is 9.77. The van der Waals surface area contributed by atoms with E-state index in [-0.39, 0.29) is 17.1 Å². The highest BCUT2D eigenvalue weighted by atomic mass is 79.9. The minimum Gasteiger partial charge on any atom is -0.397 e. The van der Waals surface area contributed by atoms with Gasteiger partial charge < -0.3 is 11.1 Å². The fourth-order valence-electron chi connectivity index (χ4n) is 4.02. The van der Waals surface area contributed by atoms with Gasteiger partial charge in [-0.3, -0.25) is 0 Å². The van der Waals surface area contributed by atoms with Crippen LogP contribution in [-0.4, -0.2) is 21.5 Å². The molecule has 31 heavy (non-hydrogen) atoms. The van der Waals surface area contributed by atoms with Crippen LogP contribution in [-0.2, 0) is 16.3 Å². The van der Waals surface area contributed by atoms with Crippen LogP contribution in [0.15, 0.2) is 57.9 Å². The second kappa shape index (κ2) is 8.54. The summed E-state index contributed by atoms with van der Waals surface area (Å²) in [6.07, 6.45) is 0.738. The van der Waals surface area contributed by atoms with E-state index in [0.29, 0.717) is 28.3 Å². The van der Waals surface area contributed by atoms with E-state index < -0.39 is 20.9 Å². The zero-order chi connectivity index (χ0) is 22.3. The maximum Gasteiger partial charge on any atom is 0.188 e. The molecule has 4 nitrogen and oxygen atoms in total. The lowest BCUT2D eigenvalue weighted by atomic mass is 10.0. The summed E-state index contributed by atoms with van der Waals surface area (Å²) in [6.45, 7) is 2.74. The second-order valence-electron chi connectivity index (χ2n) is 7.68. The SMILES string of the molecule is Cc1cc(-c2cc(F)ccc2Cl)c(N)c(S(=O)(=O)C2CNCCc3ccc(Br)cc32)c1. The van der Waals surface area contributed by atoms with Crippen molar-refractivity contribution in [3.63, 3.8) is 0 Å². The molecule has 0 radical (unpaired) electrons. The number of nitrogens with one attached hydrogen (secondary N) is 1. The molecule has 162 valence electrons. The molecule has 1 heterocycles. The highest BCUT2D eigenvalue weighted by Crippen LogP contribution is 2.41. The molecule has 0 fully saturated rings. The quantitative estimate of drug-likeness (QED) is 0.447. The summed E-state index contributed by atoms with van der Waals surface area (Å²) in [4.78, 5) is 0.0300. The van der Waals surface area contributed by atoms with Crippen LogP contribution >= 0.6 is 27.5 Å². The Labute approximate surface area is 194 Å². The van der Waals surface area contributed by atoms with E-state index in [2.05, 4.69) is 21.2 Å². The van der Waals surface area contributed by atoms with Crippen molar-refractivity contribution in [2.75, 3.05) is 18.8 Å². The molecule has 1 aliphatic heterocycles. The van der Waals surface area contributed by atoms with Gasteiger partial charge in [-0.15, -0.1) is 0 Å². The number of rotatable bonds is 3. The zero-order valence-corrected chi connectivity index (χ0v) is 19.9. The van der Waals surface area contributed by atoms with Gasteiger partial charge in [0.15, 0.2) is 9.84 Å². The van der Waals surface area contributed by atoms with Gasteiger partial charge in [0, 0.05) is 27.2 Å². The molecule has 8 heteroatoms. The predicted molar refractivity (Wildman–Crippen MR) is 127 cm³/mol. The summed E-state index contributed by atoms with van der Waals surface area (Å²) in [5.74, 6) is -0.476. The highest BCUT2D eigenvalue weighted by Gasteiger charge is 2.34. The molecular weight excluding hydrogens is 503 g/mol. The van der Waals surface area contributed by atoms with Crippen molar-refractivity contribution in [3.05, 3.63) is 80.5 Å². The van der Waals surface area contributed by atoms with Gasteiger partial charge in [0.05, 0.1) is 10.6 Å². The minimum atomic E-state index is -3.87. The maximum absolute atomic E-state index is 13.9. The molecule has 0 saturated carbocycles. The van der Waals surface area contributed by atoms with E-state index in [0.717, 1.165) is 22.0 Å². The van der Waals surface area contributed by atoms with Crippen LogP contribution in [0.3, 0.4) is 0 Å². The van der Waals surface area contributed by atoms with Crippen molar-refractivity contribution in [1.29, 1.82) is 0 Å². The number of nitrogens with two attached hydrogens (primary N) is 1. The van der Waals surface area contributed by atoms with Gasteiger partial charge in [0.2, 0.25) is 0 Å². The molecule has 1 aliphatic rings. The lowest BCUT2D eigenvalue weighted by molar-refractivity contribution is 0.574. The molecule has 1 unspecified atom stereocenters. The van der Waals surface area contributed by atoms with Crippen molar-refractivity contribution in [2.24, 2.45) is 0 Å². The van der Waals surface area contributed by atoms with Crippen molar-refractivity contribution in [2.45, 2.75) is 23.5 Å². The predicted octanol–water partition coefficient (Wildman–Crippen LogP) is 5.46. The van der Waals surface area contributed by atoms with Crippen LogP contribution in [0.5, 0.6) is 0 Å². The fraction of sp³-hybridized carbons (Fsp3) is 0.217. The second-order valence-corrected chi connectivity index (χ2v) is 11.1. The number of fused-ring (bicyclic) bond motifs is 1. The maximum atomic E-state index is 13.9. The van der Waals surface area contributed by atoms with Gasteiger partial charge in [0.1, 0.15) is 11.1 Å². The number of hydrogen-bond donors (Lipinski definition) is 2. The molecule has 0 bridgehead atoms. The van der Waals surface area contributed by atoms with Crippen LogP contribution in [0.25, 0.3) is 11.1 Å². The number of sulfone groups is 1. The summed E-state index contributed by atoms with van der Waals surface area (Å²) in [7, 11) is -3.87. The fourth-order valence-corrected chi connectivity index (χ4v) is 6.58. The molecule has 0 aromatic heterocycles. The van der Waals surface area contributed by atoms with Gasteiger partial charge in [-0.2, -0.15) is 0 Å². The zero-order valence-electron chi connectivity index (χ0n) is 16.8. The number of aryl methyl sites for hydroxylation is 1. The first kappa shape index (κ1) is 22.3. The topological polar surface area (TPSA) is 72.2 Å². The van der Waals surface area contributed by atoms with Gasteiger partial charge in [-0.25, -0.2) is 12.8 Å². The number of hydrogen-bond acceptors (Lipinski definition) is 4. The van der Waals surface area contributed by atoms with Crippen LogP contribution in [0.2, 0.25) is 5.02 Å². The van der Waals surface area contributed by atoms with E-state index in [1.165, 1.54) is 18.2 Å². The lowest BCUT2D eigenvalue weighted by Gasteiger charge is -2.21. The van der Waals surface area contributed by atoms with Gasteiger partial charge >= 0.3 is 0 Å². The van der Waals surface area contributed by atoms with Gasteiger partial charge in [-0.1, -0.05) is 33.6 Å². The number of benzene rings is 3. The average molecular weight is 524 g/mol. The van der Waals surface area contributed by atoms with Crippen LogP contribution in [0, 0.1) is 12.7 Å². The first-order valence-corrected chi connectivity index (χ1v) is 12.5. The van der Waals surface area contributed by atoms with E-state index >= 15 is 0 Å². The van der Waals surface area contributed by atoms with Crippen LogP contribution in [0.1, 0.15) is 21.9 Å². The molecule has 1 atom stereocenters.